The topological polar surface area (TPSA) is 67.4 Å². The van der Waals surface area contributed by atoms with Gasteiger partial charge in [-0.2, -0.15) is 0 Å². The molecule has 2 aliphatic rings. The number of hydrogen-bond acceptors (Lipinski definition) is 4. The third kappa shape index (κ3) is 3.01. The van der Waals surface area contributed by atoms with Gasteiger partial charge >= 0.3 is 0 Å². The maximum Gasteiger partial charge on any atom is 0.265 e. The van der Waals surface area contributed by atoms with E-state index in [-0.39, 0.29) is 18.4 Å². The second-order valence-corrected chi connectivity index (χ2v) is 7.26. The lowest BCUT2D eigenvalue weighted by molar-refractivity contribution is -0.118. The van der Waals surface area contributed by atoms with Gasteiger partial charge in [-0.15, -0.1) is 11.3 Å². The van der Waals surface area contributed by atoms with Gasteiger partial charge in [0.1, 0.15) is 5.75 Å². The van der Waals surface area contributed by atoms with E-state index in [9.17, 15) is 9.59 Å². The molecule has 1 aliphatic carbocycles. The van der Waals surface area contributed by atoms with Crippen LogP contribution in [0.15, 0.2) is 24.3 Å². The minimum Gasteiger partial charge on any atom is -0.482 e. The molecule has 0 spiro atoms. The Balaban J connectivity index is 1.52. The number of amides is 2. The number of thiophene rings is 1. The van der Waals surface area contributed by atoms with E-state index in [1.807, 2.05) is 6.07 Å². The molecule has 1 aromatic carbocycles. The molecule has 0 saturated heterocycles. The van der Waals surface area contributed by atoms with Crippen molar-refractivity contribution >= 4 is 34.5 Å². The van der Waals surface area contributed by atoms with Crippen molar-refractivity contribution in [3.8, 4) is 5.75 Å². The smallest absolute Gasteiger partial charge is 0.265 e. The molecule has 4 rings (SSSR count). The van der Waals surface area contributed by atoms with Gasteiger partial charge in [0.25, 0.3) is 11.8 Å². The lowest BCUT2D eigenvalue weighted by atomic mass is 10.1. The largest absolute Gasteiger partial charge is 0.482 e. The molecule has 124 valence electrons. The highest BCUT2D eigenvalue weighted by atomic mass is 32.1. The van der Waals surface area contributed by atoms with Crippen molar-refractivity contribution in [2.75, 3.05) is 17.2 Å². The number of nitrogens with one attached hydrogen (secondary N) is 2. The number of fused-ring (bicyclic) bond motifs is 2. The number of benzene rings is 1. The Hall–Kier alpha value is -2.34. The van der Waals surface area contributed by atoms with E-state index < -0.39 is 0 Å². The number of ether oxygens (including phenoxy) is 1. The Morgan fingerprint density at radius 1 is 1.17 bits per heavy atom. The molecule has 2 aromatic rings. The van der Waals surface area contributed by atoms with Gasteiger partial charge in [0.05, 0.1) is 10.6 Å². The second kappa shape index (κ2) is 6.28. The monoisotopic (exact) mass is 342 g/mol. The predicted molar refractivity (Wildman–Crippen MR) is 94.1 cm³/mol. The number of anilines is 2. The average molecular weight is 342 g/mol. The Kier molecular flexibility index (Phi) is 3.98. The standard InChI is InChI=1S/C18H18N2O3S/c21-17-10-23-14-7-6-12(9-13(14)20-17)19-18(22)16-8-11-4-2-1-3-5-15(11)24-16/h6-9H,1-5,10H2,(H,19,22)(H,20,21). The Labute approximate surface area is 144 Å². The van der Waals surface area contributed by atoms with Crippen LogP contribution in [0.3, 0.4) is 0 Å². The van der Waals surface area contributed by atoms with Crippen molar-refractivity contribution in [3.63, 3.8) is 0 Å². The van der Waals surface area contributed by atoms with Crippen molar-refractivity contribution in [1.29, 1.82) is 0 Å². The van der Waals surface area contributed by atoms with E-state index in [1.54, 1.807) is 29.5 Å². The molecule has 0 unspecified atom stereocenters. The molecular formula is C18H18N2O3S. The molecule has 1 aliphatic heterocycles. The van der Waals surface area contributed by atoms with Crippen LogP contribution in [0.25, 0.3) is 0 Å². The minimum atomic E-state index is -0.187. The van der Waals surface area contributed by atoms with Gasteiger partial charge in [0.2, 0.25) is 0 Å². The van der Waals surface area contributed by atoms with E-state index in [1.165, 1.54) is 29.7 Å². The summed E-state index contributed by atoms with van der Waals surface area (Å²) in [6, 6.07) is 7.30. The van der Waals surface area contributed by atoms with Crippen molar-refractivity contribution in [2.45, 2.75) is 32.1 Å². The van der Waals surface area contributed by atoms with E-state index in [4.69, 9.17) is 4.74 Å². The third-order valence-electron chi connectivity index (χ3n) is 4.34. The highest BCUT2D eigenvalue weighted by molar-refractivity contribution is 7.14. The maximum absolute atomic E-state index is 12.5. The first-order valence-electron chi connectivity index (χ1n) is 8.19. The van der Waals surface area contributed by atoms with Gasteiger partial charge in [-0.1, -0.05) is 6.42 Å². The normalized spacial score (nSPS) is 16.2. The van der Waals surface area contributed by atoms with Crippen LogP contribution < -0.4 is 15.4 Å². The number of aryl methyl sites for hydroxylation is 2. The second-order valence-electron chi connectivity index (χ2n) is 6.12. The molecule has 6 heteroatoms. The molecule has 24 heavy (non-hydrogen) atoms. The Morgan fingerprint density at radius 2 is 2.04 bits per heavy atom. The van der Waals surface area contributed by atoms with Gasteiger partial charge in [-0.05, 0) is 55.5 Å². The van der Waals surface area contributed by atoms with Crippen molar-refractivity contribution in [1.82, 2.24) is 0 Å². The number of rotatable bonds is 2. The molecule has 0 saturated carbocycles. The Bertz CT molecular complexity index is 789. The van der Waals surface area contributed by atoms with Crippen LogP contribution >= 0.6 is 11.3 Å². The number of carbonyl (C=O) groups excluding carboxylic acids is 2. The summed E-state index contributed by atoms with van der Waals surface area (Å²) < 4.78 is 5.32. The van der Waals surface area contributed by atoms with E-state index in [0.717, 1.165) is 17.7 Å². The van der Waals surface area contributed by atoms with Crippen molar-refractivity contribution < 1.29 is 14.3 Å². The predicted octanol–water partition coefficient (Wildman–Crippen LogP) is 3.60. The zero-order valence-electron chi connectivity index (χ0n) is 13.2. The highest BCUT2D eigenvalue weighted by Crippen LogP contribution is 2.32. The minimum absolute atomic E-state index is 0.0272. The fourth-order valence-electron chi connectivity index (χ4n) is 3.13. The Morgan fingerprint density at radius 3 is 2.96 bits per heavy atom. The first-order chi connectivity index (χ1) is 11.7. The van der Waals surface area contributed by atoms with Crippen LogP contribution in [-0.4, -0.2) is 18.4 Å². The summed E-state index contributed by atoms with van der Waals surface area (Å²) in [5.41, 5.74) is 2.56. The molecule has 2 heterocycles. The number of carbonyl (C=O) groups is 2. The van der Waals surface area contributed by atoms with Crippen molar-refractivity contribution in [3.05, 3.63) is 39.6 Å². The van der Waals surface area contributed by atoms with Crippen LogP contribution in [-0.2, 0) is 17.6 Å². The first kappa shape index (κ1) is 15.2. The molecule has 0 radical (unpaired) electrons. The molecular weight excluding hydrogens is 324 g/mol. The van der Waals surface area contributed by atoms with Crippen LogP contribution in [0.5, 0.6) is 5.75 Å². The summed E-state index contributed by atoms with van der Waals surface area (Å²) in [5, 5.41) is 5.66. The summed E-state index contributed by atoms with van der Waals surface area (Å²) in [6.45, 7) is 0.0272. The third-order valence-corrected chi connectivity index (χ3v) is 5.58. The van der Waals surface area contributed by atoms with E-state index in [2.05, 4.69) is 10.6 Å². The summed E-state index contributed by atoms with van der Waals surface area (Å²) in [7, 11) is 0. The SMILES string of the molecule is O=C1COc2ccc(NC(=O)c3cc4c(s3)CCCCC4)cc2N1. The van der Waals surface area contributed by atoms with Crippen molar-refractivity contribution in [2.24, 2.45) is 0 Å². The summed E-state index contributed by atoms with van der Waals surface area (Å²) in [4.78, 5) is 26.0. The van der Waals surface area contributed by atoms with E-state index in [0.29, 0.717) is 17.1 Å². The molecule has 0 atom stereocenters. The van der Waals surface area contributed by atoms with Gasteiger partial charge in [-0.25, -0.2) is 0 Å². The van der Waals surface area contributed by atoms with Crippen LogP contribution in [0, 0.1) is 0 Å². The summed E-state index contributed by atoms with van der Waals surface area (Å²) in [6.07, 6.45) is 5.83. The van der Waals surface area contributed by atoms with Gasteiger partial charge in [0.15, 0.2) is 6.61 Å². The van der Waals surface area contributed by atoms with Crippen LogP contribution in [0.2, 0.25) is 0 Å². The maximum atomic E-state index is 12.5. The molecule has 0 bridgehead atoms. The molecule has 5 nitrogen and oxygen atoms in total. The zero-order chi connectivity index (χ0) is 16.5. The fraction of sp³-hybridized carbons (Fsp3) is 0.333. The lowest BCUT2D eigenvalue weighted by Crippen LogP contribution is -2.25. The number of hydrogen-bond donors (Lipinski definition) is 2. The molecule has 1 aromatic heterocycles. The fourth-order valence-corrected chi connectivity index (χ4v) is 4.28. The highest BCUT2D eigenvalue weighted by Gasteiger charge is 2.19. The molecule has 0 fully saturated rings. The molecule has 2 amide bonds. The lowest BCUT2D eigenvalue weighted by Gasteiger charge is -2.18. The summed E-state index contributed by atoms with van der Waals surface area (Å²) >= 11 is 1.60. The average Bonchev–Trinajstić information content (AvgIpc) is 2.85. The quantitative estimate of drug-likeness (QED) is 0.820. The van der Waals surface area contributed by atoms with Crippen LogP contribution in [0.1, 0.15) is 39.4 Å². The van der Waals surface area contributed by atoms with Crippen LogP contribution in [0.4, 0.5) is 11.4 Å². The summed E-state index contributed by atoms with van der Waals surface area (Å²) in [5.74, 6) is 0.333. The van der Waals surface area contributed by atoms with E-state index >= 15 is 0 Å². The molecule has 2 N–H and O–H groups in total. The van der Waals surface area contributed by atoms with Gasteiger partial charge < -0.3 is 15.4 Å². The van der Waals surface area contributed by atoms with Gasteiger partial charge in [0, 0.05) is 10.6 Å². The van der Waals surface area contributed by atoms with Gasteiger partial charge in [-0.3, -0.25) is 9.59 Å². The zero-order valence-corrected chi connectivity index (χ0v) is 14.0. The first-order valence-corrected chi connectivity index (χ1v) is 9.00.